The molecule has 0 aromatic carbocycles. The van der Waals surface area contributed by atoms with Gasteiger partial charge in [-0.15, -0.1) is 6.58 Å². The summed E-state index contributed by atoms with van der Waals surface area (Å²) in [5, 5.41) is 0. The van der Waals surface area contributed by atoms with Crippen molar-refractivity contribution in [1.82, 2.24) is 0 Å². The third-order valence-electron chi connectivity index (χ3n) is 17.8. The van der Waals surface area contributed by atoms with Gasteiger partial charge in [-0.05, 0) is 264 Å². The van der Waals surface area contributed by atoms with Gasteiger partial charge in [0.1, 0.15) is 0 Å². The smallest absolute Gasteiger partial charge is 0.0140 e. The molecule has 422 valence electrons. The van der Waals surface area contributed by atoms with Crippen LogP contribution in [-0.4, -0.2) is 0 Å². The molecule has 7 unspecified atom stereocenters. The first-order valence-electron chi connectivity index (χ1n) is 30.2. The fourth-order valence-electron chi connectivity index (χ4n) is 11.5. The molecule has 4 saturated carbocycles. The molecule has 0 heterocycles. The third-order valence-corrected chi connectivity index (χ3v) is 17.8. The molecule has 0 amide bonds. The first-order valence-corrected chi connectivity index (χ1v) is 30.2. The minimum atomic E-state index is 0.311. The lowest BCUT2D eigenvalue weighted by Gasteiger charge is -2.59. The van der Waals surface area contributed by atoms with Crippen LogP contribution in [0.25, 0.3) is 0 Å². The van der Waals surface area contributed by atoms with E-state index in [1.165, 1.54) is 146 Å². The van der Waals surface area contributed by atoms with E-state index in [1.807, 2.05) is 12.2 Å². The van der Waals surface area contributed by atoms with E-state index in [0.29, 0.717) is 22.2 Å². The standard InChI is InChI=1S/3C15H24.2C10H16.C10H18/c1-11(2)6-5-9-15(4)13-8-7-12(3)14(15)10-13;1-13-7-5-8-14(2)10-12-15(3,4)11-6-9-13;1-6-14(4)10-8-12-15(5)11-7-9-13(2)3;1-7-4-5-8-6-9(7)10(8,2)3;1-8(2)10-6-4-9(3)5-7-10;1-5-10(4)8-6-7-9(2)3/h6,13-14H,3,5,7-10H2,1-2,4H3;6-7,10-11H,5,8-9,12H2,1-4H3;6,9-10,12H,1,7-8,11H2,2-5H3;4,8-9H,5-6H2,1-3H3;4,10H,1,5-7H2,2-3H3;5,7,10H,1,6,8H2,2-4H3/b;11-6-,13-7+,14-10-;14-10+,15-12+;;;. The molecule has 0 aromatic rings. The van der Waals surface area contributed by atoms with Gasteiger partial charge in [0.15, 0.2) is 0 Å². The van der Waals surface area contributed by atoms with Gasteiger partial charge in [-0.3, -0.25) is 0 Å². The maximum Gasteiger partial charge on any atom is -0.0140 e. The Hall–Kier alpha value is -3.64. The molecule has 75 heavy (non-hydrogen) atoms. The molecule has 8 rings (SSSR count). The fourth-order valence-corrected chi connectivity index (χ4v) is 11.5. The van der Waals surface area contributed by atoms with E-state index in [-0.39, 0.29) is 0 Å². The second-order valence-corrected chi connectivity index (χ2v) is 26.6. The number of allylic oxidation sites excluding steroid dienone is 24. The summed E-state index contributed by atoms with van der Waals surface area (Å²) >= 11 is 0. The molecule has 0 heteroatoms. The van der Waals surface area contributed by atoms with Crippen molar-refractivity contribution in [1.29, 1.82) is 0 Å². The molecule has 0 aromatic heterocycles. The van der Waals surface area contributed by atoms with E-state index in [9.17, 15) is 0 Å². The molecule has 7 atom stereocenters. The summed E-state index contributed by atoms with van der Waals surface area (Å²) in [7, 11) is 0. The maximum absolute atomic E-state index is 4.26. The van der Waals surface area contributed by atoms with E-state index in [1.54, 1.807) is 11.1 Å². The Bertz CT molecular complexity index is 2080. The first kappa shape index (κ1) is 69.4. The second kappa shape index (κ2) is 35.7. The molecule has 8 aliphatic rings. The summed E-state index contributed by atoms with van der Waals surface area (Å²) in [6.07, 6.45) is 53.5. The van der Waals surface area contributed by atoms with Crippen LogP contribution in [0.15, 0.2) is 167 Å². The zero-order valence-electron chi connectivity index (χ0n) is 53.2. The van der Waals surface area contributed by atoms with Crippen molar-refractivity contribution < 1.29 is 0 Å². The van der Waals surface area contributed by atoms with Gasteiger partial charge in [0.25, 0.3) is 0 Å². The Morgan fingerprint density at radius 1 is 0.667 bits per heavy atom. The van der Waals surface area contributed by atoms with E-state index < -0.39 is 0 Å². The molecule has 0 saturated heterocycles. The predicted molar refractivity (Wildman–Crippen MR) is 344 cm³/mol. The van der Waals surface area contributed by atoms with E-state index in [2.05, 4.69) is 225 Å². The van der Waals surface area contributed by atoms with E-state index >= 15 is 0 Å². The van der Waals surface area contributed by atoms with Crippen LogP contribution in [0.2, 0.25) is 0 Å². The highest BCUT2D eigenvalue weighted by Gasteiger charge is 2.54. The van der Waals surface area contributed by atoms with Crippen LogP contribution >= 0.6 is 0 Å². The Labute approximate surface area is 469 Å². The highest BCUT2D eigenvalue weighted by Crippen LogP contribution is 2.63. The summed E-state index contributed by atoms with van der Waals surface area (Å²) < 4.78 is 0. The summed E-state index contributed by atoms with van der Waals surface area (Å²) in [5.74, 6) is 5.20. The molecule has 8 aliphatic carbocycles. The van der Waals surface area contributed by atoms with Crippen LogP contribution in [0.3, 0.4) is 0 Å². The predicted octanol–water partition coefficient (Wildman–Crippen LogP) is 24.8. The minimum absolute atomic E-state index is 0.311. The van der Waals surface area contributed by atoms with Crippen molar-refractivity contribution >= 4 is 0 Å². The summed E-state index contributed by atoms with van der Waals surface area (Å²) in [4.78, 5) is 0. The van der Waals surface area contributed by atoms with Crippen molar-refractivity contribution in [3.8, 4) is 0 Å². The monoisotopic (exact) mass is 1020 g/mol. The molecule has 4 bridgehead atoms. The number of hydrogen-bond donors (Lipinski definition) is 0. The molecular weight excluding hydrogens is 901 g/mol. The van der Waals surface area contributed by atoms with Gasteiger partial charge in [0, 0.05) is 0 Å². The lowest BCUT2D eigenvalue weighted by Crippen LogP contribution is -2.50. The lowest BCUT2D eigenvalue weighted by atomic mass is 9.45. The van der Waals surface area contributed by atoms with E-state index in [0.717, 1.165) is 55.3 Å². The first-order chi connectivity index (χ1) is 35.1. The van der Waals surface area contributed by atoms with Crippen LogP contribution in [0.4, 0.5) is 0 Å². The average Bonchev–Trinajstić information content (AvgIpc) is 3.36. The maximum atomic E-state index is 4.26. The fraction of sp³-hybridized carbons (Fsp3) is 0.627. The minimum Gasteiger partial charge on any atom is -0.103 e. The SMILES string of the molecule is C/C1=C/CC(C)(C)/C=C\C/C(C)=C/CC1.C=C(C)C1CC=C(C)CC1.C=C/C(C)=C/C/C=C(\C)CCC=C(C)C.C=C1CCC2CC1C2(C)CCC=C(C)C.C=CC(C)CCC=C(C)C.CC1=CCC2CC1C2(C)C. The van der Waals surface area contributed by atoms with Crippen molar-refractivity contribution in [3.63, 3.8) is 0 Å². The van der Waals surface area contributed by atoms with Gasteiger partial charge >= 0.3 is 0 Å². The third kappa shape index (κ3) is 28.0. The Kier molecular flexibility index (Phi) is 33.0. The van der Waals surface area contributed by atoms with Crippen molar-refractivity contribution in [2.75, 3.05) is 0 Å². The van der Waals surface area contributed by atoms with Crippen molar-refractivity contribution in [2.45, 2.75) is 254 Å². The molecule has 0 N–H and O–H groups in total. The Balaban J connectivity index is 0.000000454. The summed E-state index contributed by atoms with van der Waals surface area (Å²) in [6, 6.07) is 0. The quantitative estimate of drug-likeness (QED) is 0.120. The number of hydrogen-bond acceptors (Lipinski definition) is 0. The topological polar surface area (TPSA) is 0 Å². The lowest BCUT2D eigenvalue weighted by molar-refractivity contribution is -0.0507. The number of fused-ring (bicyclic) bond motifs is 3. The van der Waals surface area contributed by atoms with Crippen LogP contribution in [0.1, 0.15) is 254 Å². The van der Waals surface area contributed by atoms with Crippen LogP contribution < -0.4 is 0 Å². The highest BCUT2D eigenvalue weighted by atomic mass is 14.6. The van der Waals surface area contributed by atoms with Crippen LogP contribution in [-0.2, 0) is 0 Å². The highest BCUT2D eigenvalue weighted by molar-refractivity contribution is 5.22. The van der Waals surface area contributed by atoms with Gasteiger partial charge < -0.3 is 0 Å². The second-order valence-electron chi connectivity index (χ2n) is 26.6. The van der Waals surface area contributed by atoms with Crippen LogP contribution in [0, 0.1) is 51.8 Å². The largest absolute Gasteiger partial charge is 0.103 e. The zero-order valence-corrected chi connectivity index (χ0v) is 53.2. The zero-order chi connectivity index (χ0) is 56.9. The Morgan fingerprint density at radius 3 is 1.79 bits per heavy atom. The molecule has 0 nitrogen and oxygen atoms in total. The van der Waals surface area contributed by atoms with Gasteiger partial charge in [-0.2, -0.15) is 0 Å². The molecule has 4 fully saturated rings. The molecular formula is C75H122. The van der Waals surface area contributed by atoms with Crippen molar-refractivity contribution in [2.24, 2.45) is 51.8 Å². The van der Waals surface area contributed by atoms with Gasteiger partial charge in [0.2, 0.25) is 0 Å². The number of rotatable bonds is 14. The summed E-state index contributed by atoms with van der Waals surface area (Å²) in [5.41, 5.74) is 17.7. The molecule has 0 aliphatic heterocycles. The normalized spacial score (nSPS) is 27.2. The average molecular weight is 1020 g/mol. The van der Waals surface area contributed by atoms with Crippen molar-refractivity contribution in [3.05, 3.63) is 167 Å². The van der Waals surface area contributed by atoms with E-state index in [4.69, 9.17) is 0 Å². The van der Waals surface area contributed by atoms with Gasteiger partial charge in [-0.1, -0.05) is 202 Å². The Morgan fingerprint density at radius 2 is 1.28 bits per heavy atom. The van der Waals surface area contributed by atoms with Gasteiger partial charge in [-0.25, -0.2) is 0 Å². The van der Waals surface area contributed by atoms with Crippen LogP contribution in [0.5, 0.6) is 0 Å². The summed E-state index contributed by atoms with van der Waals surface area (Å²) in [6.45, 7) is 58.2. The van der Waals surface area contributed by atoms with Gasteiger partial charge in [0.05, 0.1) is 0 Å². The molecule has 0 spiro atoms. The molecule has 0 radical (unpaired) electrons.